The topological polar surface area (TPSA) is 117 Å². The number of hydrogen-bond acceptors (Lipinski definition) is 7. The molecule has 0 radical (unpaired) electrons. The molecule has 2 aromatic carbocycles. The summed E-state index contributed by atoms with van der Waals surface area (Å²) in [7, 11) is 0. The number of rotatable bonds is 6. The highest BCUT2D eigenvalue weighted by molar-refractivity contribution is 7.24. The molecular formula is C28H23N5O2S. The molecule has 4 N–H and O–H groups in total. The lowest BCUT2D eigenvalue weighted by Gasteiger charge is -2.10. The van der Waals surface area contributed by atoms with Gasteiger partial charge in [-0.1, -0.05) is 48.0 Å². The number of para-hydroxylation sites is 1. The van der Waals surface area contributed by atoms with Crippen LogP contribution in [0.25, 0.3) is 21.3 Å². The van der Waals surface area contributed by atoms with Crippen LogP contribution < -0.4 is 16.4 Å². The lowest BCUT2D eigenvalue weighted by Crippen LogP contribution is -2.23. The van der Waals surface area contributed by atoms with Crippen LogP contribution in [0.1, 0.15) is 32.8 Å². The molecule has 0 saturated carbocycles. The molecule has 0 spiro atoms. The number of nitrogens with zero attached hydrogens (tertiary/aromatic N) is 2. The second-order valence-corrected chi connectivity index (χ2v) is 9.43. The summed E-state index contributed by atoms with van der Waals surface area (Å²) >= 11 is 1.38. The number of nitrogens with two attached hydrogens (primary N) is 1. The highest BCUT2D eigenvalue weighted by Gasteiger charge is 2.26. The van der Waals surface area contributed by atoms with Gasteiger partial charge in [0.15, 0.2) is 0 Å². The standard InChI is InChI=1S/C28H23N5O2S/c1-16-9-11-18(12-10-16)22-20(14-29)26(30)33-24-23(27(34)31-15-19-7-5-13-35-19)28(36-25(22)24)32-21-8-4-3-6-17(21)2/h3-13,32H,15H2,1-2H3,(H2,30,33)(H,31,34). The van der Waals surface area contributed by atoms with E-state index in [4.69, 9.17) is 10.2 Å². The fourth-order valence-electron chi connectivity index (χ4n) is 4.03. The Hall–Kier alpha value is -4.61. The largest absolute Gasteiger partial charge is 0.467 e. The first-order valence-corrected chi connectivity index (χ1v) is 12.1. The van der Waals surface area contributed by atoms with E-state index >= 15 is 0 Å². The summed E-state index contributed by atoms with van der Waals surface area (Å²) < 4.78 is 6.08. The number of aryl methyl sites for hydroxylation is 2. The fourth-order valence-corrected chi connectivity index (χ4v) is 5.25. The third kappa shape index (κ3) is 4.28. The van der Waals surface area contributed by atoms with E-state index in [0.29, 0.717) is 32.1 Å². The van der Waals surface area contributed by atoms with E-state index in [0.717, 1.165) is 22.4 Å². The van der Waals surface area contributed by atoms with Crippen LogP contribution in [-0.4, -0.2) is 10.9 Å². The van der Waals surface area contributed by atoms with Gasteiger partial charge in [-0.25, -0.2) is 4.98 Å². The average molecular weight is 494 g/mol. The van der Waals surface area contributed by atoms with Crippen LogP contribution in [0.15, 0.2) is 71.3 Å². The van der Waals surface area contributed by atoms with Crippen molar-refractivity contribution in [2.45, 2.75) is 20.4 Å². The first kappa shape index (κ1) is 23.1. The molecule has 0 saturated heterocycles. The lowest BCUT2D eigenvalue weighted by atomic mass is 9.99. The number of carbonyl (C=O) groups excluding carboxylic acids is 1. The van der Waals surface area contributed by atoms with Crippen molar-refractivity contribution < 1.29 is 9.21 Å². The zero-order valence-corrected chi connectivity index (χ0v) is 20.6. The van der Waals surface area contributed by atoms with Crippen molar-refractivity contribution in [3.05, 3.63) is 94.9 Å². The number of furan rings is 1. The van der Waals surface area contributed by atoms with Crippen molar-refractivity contribution >= 4 is 44.0 Å². The van der Waals surface area contributed by atoms with Crippen LogP contribution in [0, 0.1) is 25.2 Å². The second kappa shape index (κ2) is 9.56. The first-order valence-electron chi connectivity index (χ1n) is 11.3. The van der Waals surface area contributed by atoms with Gasteiger partial charge in [0.05, 0.1) is 23.0 Å². The van der Waals surface area contributed by atoms with Gasteiger partial charge < -0.3 is 20.8 Å². The molecule has 0 unspecified atom stereocenters. The van der Waals surface area contributed by atoms with Crippen LogP contribution in [0.3, 0.4) is 0 Å². The number of thiophene rings is 1. The van der Waals surface area contributed by atoms with E-state index in [1.165, 1.54) is 11.3 Å². The predicted molar refractivity (Wildman–Crippen MR) is 143 cm³/mol. The molecule has 8 heteroatoms. The molecule has 3 aromatic heterocycles. The molecule has 0 aliphatic rings. The molecule has 0 bridgehead atoms. The number of hydrogen-bond donors (Lipinski definition) is 3. The summed E-state index contributed by atoms with van der Waals surface area (Å²) in [5.41, 5.74) is 11.9. The van der Waals surface area contributed by atoms with Crippen LogP contribution in [-0.2, 0) is 6.54 Å². The Morgan fingerprint density at radius 2 is 1.89 bits per heavy atom. The average Bonchev–Trinajstić information content (AvgIpc) is 3.51. The predicted octanol–water partition coefficient (Wildman–Crippen LogP) is 6.30. The van der Waals surface area contributed by atoms with Crippen molar-refractivity contribution in [1.29, 1.82) is 5.26 Å². The number of amides is 1. The minimum Gasteiger partial charge on any atom is -0.467 e. The number of fused-ring (bicyclic) bond motifs is 1. The van der Waals surface area contributed by atoms with E-state index in [2.05, 4.69) is 21.7 Å². The first-order chi connectivity index (χ1) is 17.5. The van der Waals surface area contributed by atoms with E-state index in [9.17, 15) is 10.1 Å². The number of nitriles is 1. The molecule has 36 heavy (non-hydrogen) atoms. The molecule has 0 aliphatic carbocycles. The number of anilines is 3. The normalized spacial score (nSPS) is 10.8. The lowest BCUT2D eigenvalue weighted by molar-refractivity contribution is 0.0950. The second-order valence-electron chi connectivity index (χ2n) is 8.41. The van der Waals surface area contributed by atoms with E-state index in [1.54, 1.807) is 18.4 Å². The van der Waals surface area contributed by atoms with Crippen molar-refractivity contribution in [3.63, 3.8) is 0 Å². The SMILES string of the molecule is Cc1ccc(-c2c(C#N)c(N)nc3c(C(=O)NCc4ccco4)c(Nc4ccccc4C)sc23)cc1. The zero-order valence-electron chi connectivity index (χ0n) is 19.8. The highest BCUT2D eigenvalue weighted by Crippen LogP contribution is 2.44. The third-order valence-corrected chi connectivity index (χ3v) is 7.04. The van der Waals surface area contributed by atoms with E-state index in [1.807, 2.05) is 62.4 Å². The maximum absolute atomic E-state index is 13.5. The number of pyridine rings is 1. The Balaban J connectivity index is 1.72. The van der Waals surface area contributed by atoms with Crippen LogP contribution >= 0.6 is 11.3 Å². The molecule has 3 heterocycles. The monoisotopic (exact) mass is 493 g/mol. The molecule has 0 fully saturated rings. The minimum absolute atomic E-state index is 0.0842. The summed E-state index contributed by atoms with van der Waals surface area (Å²) in [6.07, 6.45) is 1.56. The van der Waals surface area contributed by atoms with Gasteiger partial charge in [0.1, 0.15) is 33.8 Å². The number of nitrogen functional groups attached to an aromatic ring is 1. The molecule has 5 aromatic rings. The van der Waals surface area contributed by atoms with Gasteiger partial charge in [0.2, 0.25) is 0 Å². The summed E-state index contributed by atoms with van der Waals surface area (Å²) in [6, 6.07) is 21.5. The Morgan fingerprint density at radius 3 is 2.58 bits per heavy atom. The molecule has 1 amide bonds. The number of benzene rings is 2. The Morgan fingerprint density at radius 1 is 1.11 bits per heavy atom. The Kier molecular flexibility index (Phi) is 6.15. The molecular weight excluding hydrogens is 470 g/mol. The minimum atomic E-state index is -0.319. The number of nitrogens with one attached hydrogen (secondary N) is 2. The molecule has 0 aliphatic heterocycles. The van der Waals surface area contributed by atoms with Gasteiger partial charge in [0, 0.05) is 11.3 Å². The van der Waals surface area contributed by atoms with Gasteiger partial charge in [0.25, 0.3) is 5.91 Å². The number of carbonyl (C=O) groups is 1. The highest BCUT2D eigenvalue weighted by atomic mass is 32.1. The van der Waals surface area contributed by atoms with Crippen molar-refractivity contribution in [3.8, 4) is 17.2 Å². The Labute approximate surface area is 212 Å². The zero-order chi connectivity index (χ0) is 25.2. The van der Waals surface area contributed by atoms with E-state index in [-0.39, 0.29) is 23.8 Å². The van der Waals surface area contributed by atoms with Crippen LogP contribution in [0.5, 0.6) is 0 Å². The molecule has 178 valence electrons. The number of aromatic nitrogens is 1. The van der Waals surface area contributed by atoms with Crippen molar-refractivity contribution in [2.75, 3.05) is 11.1 Å². The summed E-state index contributed by atoms with van der Waals surface area (Å²) in [4.78, 5) is 18.1. The van der Waals surface area contributed by atoms with Gasteiger partial charge >= 0.3 is 0 Å². The molecule has 7 nitrogen and oxygen atoms in total. The summed E-state index contributed by atoms with van der Waals surface area (Å²) in [6.45, 7) is 4.22. The summed E-state index contributed by atoms with van der Waals surface area (Å²) in [5.74, 6) is 0.400. The molecule has 0 atom stereocenters. The quantitative estimate of drug-likeness (QED) is 0.255. The maximum atomic E-state index is 13.5. The van der Waals surface area contributed by atoms with Gasteiger partial charge in [-0.15, -0.1) is 11.3 Å². The van der Waals surface area contributed by atoms with Crippen LogP contribution in [0.2, 0.25) is 0 Å². The van der Waals surface area contributed by atoms with Gasteiger partial charge in [-0.3, -0.25) is 4.79 Å². The van der Waals surface area contributed by atoms with Crippen molar-refractivity contribution in [2.24, 2.45) is 0 Å². The smallest absolute Gasteiger partial charge is 0.256 e. The van der Waals surface area contributed by atoms with Gasteiger partial charge in [-0.2, -0.15) is 5.26 Å². The maximum Gasteiger partial charge on any atom is 0.256 e. The van der Waals surface area contributed by atoms with Gasteiger partial charge in [-0.05, 0) is 43.2 Å². The van der Waals surface area contributed by atoms with E-state index < -0.39 is 0 Å². The Bertz CT molecular complexity index is 1610. The fraction of sp³-hybridized carbons (Fsp3) is 0.107. The third-order valence-electron chi connectivity index (χ3n) is 5.92. The van der Waals surface area contributed by atoms with Crippen LogP contribution in [0.4, 0.5) is 16.5 Å². The summed E-state index contributed by atoms with van der Waals surface area (Å²) in [5, 5.41) is 16.9. The van der Waals surface area contributed by atoms with Crippen molar-refractivity contribution in [1.82, 2.24) is 10.3 Å². The molecule has 5 rings (SSSR count).